The standard InChI is InChI=1S/C29H35FN2O/c1-4-6-10-18-33-22(3)12-8-7-9-13-24-15-17-27-28(20-24)31-21-29(32-27)25-16-14-23(11-5-2)19-26(25)30/h5,9,13-17,19-22H,2,4,6-8,10-12,18H2,1,3H3/b13-9+. The van der Waals surface area contributed by atoms with Crippen LogP contribution in [0.15, 0.2) is 61.3 Å². The normalized spacial score (nSPS) is 12.5. The number of hydrogen-bond donors (Lipinski definition) is 0. The second-order valence-corrected chi connectivity index (χ2v) is 8.53. The molecular weight excluding hydrogens is 411 g/mol. The molecule has 0 spiro atoms. The fourth-order valence-electron chi connectivity index (χ4n) is 3.78. The molecule has 0 N–H and O–H groups in total. The molecular formula is C29H35FN2O. The molecule has 1 atom stereocenters. The van der Waals surface area contributed by atoms with Gasteiger partial charge in [0.1, 0.15) is 5.82 Å². The molecule has 1 unspecified atom stereocenters. The van der Waals surface area contributed by atoms with Gasteiger partial charge in [-0.3, -0.25) is 4.98 Å². The average molecular weight is 447 g/mol. The van der Waals surface area contributed by atoms with Crippen molar-refractivity contribution in [1.29, 1.82) is 0 Å². The minimum atomic E-state index is -0.289. The summed E-state index contributed by atoms with van der Waals surface area (Å²) in [5.41, 5.74) is 4.55. The Labute approximate surface area is 197 Å². The van der Waals surface area contributed by atoms with E-state index in [0.717, 1.165) is 54.5 Å². The topological polar surface area (TPSA) is 35.0 Å². The van der Waals surface area contributed by atoms with Crippen LogP contribution in [-0.4, -0.2) is 22.7 Å². The molecule has 0 saturated heterocycles. The molecule has 4 heteroatoms. The fraction of sp³-hybridized carbons (Fsp3) is 0.379. The van der Waals surface area contributed by atoms with Gasteiger partial charge in [0.2, 0.25) is 0 Å². The number of aromatic nitrogens is 2. The van der Waals surface area contributed by atoms with Crippen molar-refractivity contribution >= 4 is 17.1 Å². The van der Waals surface area contributed by atoms with Crippen molar-refractivity contribution in [2.75, 3.05) is 6.61 Å². The summed E-state index contributed by atoms with van der Waals surface area (Å²) in [5.74, 6) is -0.289. The number of benzene rings is 2. The van der Waals surface area contributed by atoms with Gasteiger partial charge in [-0.15, -0.1) is 6.58 Å². The Bertz CT molecular complexity index is 1080. The third-order valence-corrected chi connectivity index (χ3v) is 5.70. The SMILES string of the molecule is C=CCc1ccc(-c2cnc3cc(/C=C/CCCC(C)OCCCCC)ccc3n2)c(F)c1. The number of allylic oxidation sites excluding steroid dienone is 2. The van der Waals surface area contributed by atoms with Gasteiger partial charge in [0.25, 0.3) is 0 Å². The van der Waals surface area contributed by atoms with Crippen molar-refractivity contribution in [2.45, 2.75) is 64.9 Å². The van der Waals surface area contributed by atoms with Gasteiger partial charge < -0.3 is 4.74 Å². The Morgan fingerprint density at radius 3 is 2.76 bits per heavy atom. The summed E-state index contributed by atoms with van der Waals surface area (Å²) < 4.78 is 20.4. The second kappa shape index (κ2) is 13.0. The minimum absolute atomic E-state index is 0.289. The number of nitrogens with zero attached hydrogens (tertiary/aromatic N) is 2. The summed E-state index contributed by atoms with van der Waals surface area (Å²) in [5, 5.41) is 0. The van der Waals surface area contributed by atoms with Crippen molar-refractivity contribution in [3.05, 3.63) is 78.3 Å². The van der Waals surface area contributed by atoms with Crippen LogP contribution in [-0.2, 0) is 11.2 Å². The Hall–Kier alpha value is -2.85. The molecule has 0 radical (unpaired) electrons. The molecule has 0 aliphatic carbocycles. The maximum Gasteiger partial charge on any atom is 0.132 e. The molecule has 3 aromatic rings. The van der Waals surface area contributed by atoms with Gasteiger partial charge in [0, 0.05) is 12.2 Å². The lowest BCUT2D eigenvalue weighted by Gasteiger charge is -2.12. The predicted molar refractivity (Wildman–Crippen MR) is 137 cm³/mol. The molecule has 1 aromatic heterocycles. The van der Waals surface area contributed by atoms with Gasteiger partial charge in [-0.1, -0.05) is 50.1 Å². The lowest BCUT2D eigenvalue weighted by atomic mass is 10.1. The third-order valence-electron chi connectivity index (χ3n) is 5.70. The molecule has 0 amide bonds. The molecule has 2 aromatic carbocycles. The smallest absolute Gasteiger partial charge is 0.132 e. The quantitative estimate of drug-likeness (QED) is 0.197. The molecule has 0 aliphatic heterocycles. The van der Waals surface area contributed by atoms with Crippen molar-refractivity contribution < 1.29 is 9.13 Å². The number of rotatable bonds is 13. The molecule has 1 heterocycles. The molecule has 0 saturated carbocycles. The first-order valence-electron chi connectivity index (χ1n) is 12.1. The monoisotopic (exact) mass is 446 g/mol. The van der Waals surface area contributed by atoms with Gasteiger partial charge in [0.15, 0.2) is 0 Å². The zero-order valence-electron chi connectivity index (χ0n) is 19.9. The van der Waals surface area contributed by atoms with Gasteiger partial charge >= 0.3 is 0 Å². The molecule has 33 heavy (non-hydrogen) atoms. The Morgan fingerprint density at radius 2 is 1.97 bits per heavy atom. The predicted octanol–water partition coefficient (Wildman–Crippen LogP) is 7.94. The van der Waals surface area contributed by atoms with Crippen LogP contribution in [0.5, 0.6) is 0 Å². The molecule has 174 valence electrons. The van der Waals surface area contributed by atoms with E-state index in [1.807, 2.05) is 24.3 Å². The number of ether oxygens (including phenoxy) is 1. The first-order valence-corrected chi connectivity index (χ1v) is 12.1. The average Bonchev–Trinajstić information content (AvgIpc) is 2.81. The minimum Gasteiger partial charge on any atom is -0.379 e. The van der Waals surface area contributed by atoms with Crippen molar-refractivity contribution in [3.63, 3.8) is 0 Å². The van der Waals surface area contributed by atoms with Crippen LogP contribution in [0.3, 0.4) is 0 Å². The highest BCUT2D eigenvalue weighted by atomic mass is 19.1. The zero-order valence-corrected chi connectivity index (χ0v) is 19.9. The summed E-state index contributed by atoms with van der Waals surface area (Å²) in [4.78, 5) is 9.16. The molecule has 0 aliphatic rings. The van der Waals surface area contributed by atoms with E-state index in [0.29, 0.717) is 23.8 Å². The van der Waals surface area contributed by atoms with Gasteiger partial charge in [0.05, 0.1) is 29.0 Å². The Kier molecular flexibility index (Phi) is 9.77. The lowest BCUT2D eigenvalue weighted by molar-refractivity contribution is 0.0566. The van der Waals surface area contributed by atoms with E-state index in [1.54, 1.807) is 18.3 Å². The van der Waals surface area contributed by atoms with E-state index in [9.17, 15) is 4.39 Å². The highest BCUT2D eigenvalue weighted by molar-refractivity contribution is 5.79. The highest BCUT2D eigenvalue weighted by Gasteiger charge is 2.09. The molecule has 3 rings (SSSR count). The van der Waals surface area contributed by atoms with Crippen molar-refractivity contribution in [2.24, 2.45) is 0 Å². The van der Waals surface area contributed by atoms with Crippen molar-refractivity contribution in [3.8, 4) is 11.3 Å². The summed E-state index contributed by atoms with van der Waals surface area (Å²) >= 11 is 0. The van der Waals surface area contributed by atoms with Crippen LogP contribution in [0.25, 0.3) is 28.4 Å². The molecule has 3 nitrogen and oxygen atoms in total. The van der Waals surface area contributed by atoms with E-state index < -0.39 is 0 Å². The first-order chi connectivity index (χ1) is 16.1. The number of fused-ring (bicyclic) bond motifs is 1. The third kappa shape index (κ3) is 7.61. The second-order valence-electron chi connectivity index (χ2n) is 8.53. The zero-order chi connectivity index (χ0) is 23.5. The van der Waals surface area contributed by atoms with E-state index in [4.69, 9.17) is 4.74 Å². The Morgan fingerprint density at radius 1 is 1.09 bits per heavy atom. The lowest BCUT2D eigenvalue weighted by Crippen LogP contribution is -2.08. The summed E-state index contributed by atoms with van der Waals surface area (Å²) in [6.45, 7) is 8.94. The molecule has 0 bridgehead atoms. The van der Waals surface area contributed by atoms with Crippen LogP contribution in [0.1, 0.15) is 63.5 Å². The largest absolute Gasteiger partial charge is 0.379 e. The van der Waals surface area contributed by atoms with Crippen LogP contribution < -0.4 is 0 Å². The summed E-state index contributed by atoms with van der Waals surface area (Å²) in [6.07, 6.45) is 15.5. The van der Waals surface area contributed by atoms with Crippen LogP contribution in [0, 0.1) is 5.82 Å². The highest BCUT2D eigenvalue weighted by Crippen LogP contribution is 2.24. The maximum absolute atomic E-state index is 14.5. The molecule has 0 fully saturated rings. The summed E-state index contributed by atoms with van der Waals surface area (Å²) in [7, 11) is 0. The van der Waals surface area contributed by atoms with Crippen LogP contribution in [0.2, 0.25) is 0 Å². The number of hydrogen-bond acceptors (Lipinski definition) is 3. The maximum atomic E-state index is 14.5. The van der Waals surface area contributed by atoms with Gasteiger partial charge in [-0.25, -0.2) is 9.37 Å². The van der Waals surface area contributed by atoms with E-state index in [-0.39, 0.29) is 5.82 Å². The van der Waals surface area contributed by atoms with Crippen molar-refractivity contribution in [1.82, 2.24) is 9.97 Å². The van der Waals surface area contributed by atoms with E-state index >= 15 is 0 Å². The van der Waals surface area contributed by atoms with Crippen LogP contribution in [0.4, 0.5) is 4.39 Å². The van der Waals surface area contributed by atoms with Gasteiger partial charge in [-0.2, -0.15) is 0 Å². The number of halogens is 1. The Balaban J connectivity index is 1.56. The van der Waals surface area contributed by atoms with Gasteiger partial charge in [-0.05, 0) is 74.4 Å². The fourth-order valence-corrected chi connectivity index (χ4v) is 3.78. The van der Waals surface area contributed by atoms with Crippen LogP contribution >= 0.6 is 0 Å². The van der Waals surface area contributed by atoms with E-state index in [2.05, 4.69) is 42.5 Å². The summed E-state index contributed by atoms with van der Waals surface area (Å²) in [6, 6.07) is 11.2. The first kappa shape index (κ1) is 24.8. The number of unbranched alkanes of at least 4 members (excludes halogenated alkanes) is 3. The van der Waals surface area contributed by atoms with E-state index in [1.165, 1.54) is 18.9 Å².